The number of carbonyl (C=O) groups is 2. The lowest BCUT2D eigenvalue weighted by Crippen LogP contribution is -2.33. The van der Waals surface area contributed by atoms with E-state index >= 15 is 0 Å². The number of carboxylic acids is 1. The fourth-order valence-corrected chi connectivity index (χ4v) is 2.32. The van der Waals surface area contributed by atoms with Crippen molar-refractivity contribution in [1.82, 2.24) is 10.5 Å². The molecule has 2 N–H and O–H groups in total. The highest BCUT2D eigenvalue weighted by Gasteiger charge is 2.20. The number of aliphatic carboxylic acids is 1. The highest BCUT2D eigenvalue weighted by atomic mass is 16.5. The zero-order valence-electron chi connectivity index (χ0n) is 12.4. The van der Waals surface area contributed by atoms with Crippen molar-refractivity contribution in [3.05, 3.63) is 17.0 Å². The van der Waals surface area contributed by atoms with E-state index in [4.69, 9.17) is 9.63 Å². The summed E-state index contributed by atoms with van der Waals surface area (Å²) in [5.74, 6) is -0.180. The number of aryl methyl sites for hydroxylation is 2. The lowest BCUT2D eigenvalue weighted by Gasteiger charge is -2.15. The van der Waals surface area contributed by atoms with Crippen LogP contribution in [0.4, 0.5) is 0 Å². The summed E-state index contributed by atoms with van der Waals surface area (Å²) in [6, 6.07) is -0.143. The fraction of sp³-hybridized carbons (Fsp3) is 0.643. The van der Waals surface area contributed by atoms with Gasteiger partial charge in [-0.15, -0.1) is 0 Å². The summed E-state index contributed by atoms with van der Waals surface area (Å²) in [5.41, 5.74) is 1.78. The highest BCUT2D eigenvalue weighted by molar-refractivity contribution is 5.77. The van der Waals surface area contributed by atoms with Crippen LogP contribution in [-0.2, 0) is 9.59 Å². The second kappa shape index (κ2) is 7.07. The number of nitrogens with one attached hydrogen (secondary N) is 1. The Kier molecular flexibility index (Phi) is 5.73. The third-order valence-electron chi connectivity index (χ3n) is 3.27. The molecule has 1 amide bonds. The standard InChI is InChI=1S/C14H22N2O4/c1-8(14-10(3)16-20-11(14)4)7-12(17)15-9(2)5-6-13(18)19/h8-9H,5-7H2,1-4H3,(H,15,17)(H,18,19). The van der Waals surface area contributed by atoms with E-state index in [0.29, 0.717) is 12.8 Å². The van der Waals surface area contributed by atoms with Crippen molar-refractivity contribution >= 4 is 11.9 Å². The normalized spacial score (nSPS) is 13.8. The molecule has 2 unspecified atom stereocenters. The molecule has 2 atom stereocenters. The van der Waals surface area contributed by atoms with E-state index in [1.165, 1.54) is 0 Å². The average molecular weight is 282 g/mol. The van der Waals surface area contributed by atoms with Gasteiger partial charge in [-0.05, 0) is 33.1 Å². The molecule has 1 heterocycles. The van der Waals surface area contributed by atoms with Crippen LogP contribution in [0, 0.1) is 13.8 Å². The summed E-state index contributed by atoms with van der Waals surface area (Å²) in [7, 11) is 0. The second-order valence-electron chi connectivity index (χ2n) is 5.24. The maximum absolute atomic E-state index is 11.9. The van der Waals surface area contributed by atoms with E-state index in [-0.39, 0.29) is 24.3 Å². The van der Waals surface area contributed by atoms with Crippen LogP contribution in [0.15, 0.2) is 4.52 Å². The van der Waals surface area contributed by atoms with Crippen LogP contribution in [0.1, 0.15) is 56.0 Å². The minimum atomic E-state index is -0.852. The monoisotopic (exact) mass is 282 g/mol. The average Bonchev–Trinajstić information content (AvgIpc) is 2.66. The van der Waals surface area contributed by atoms with Crippen molar-refractivity contribution in [2.45, 2.75) is 58.9 Å². The van der Waals surface area contributed by atoms with E-state index in [0.717, 1.165) is 17.0 Å². The molecule has 1 aromatic rings. The Balaban J connectivity index is 2.48. The van der Waals surface area contributed by atoms with Crippen molar-refractivity contribution in [2.24, 2.45) is 0 Å². The Hall–Kier alpha value is -1.85. The van der Waals surface area contributed by atoms with E-state index in [1.807, 2.05) is 20.8 Å². The molecule has 6 heteroatoms. The molecule has 0 saturated carbocycles. The predicted molar refractivity (Wildman–Crippen MR) is 73.5 cm³/mol. The summed E-state index contributed by atoms with van der Waals surface area (Å²) in [6.45, 7) is 7.45. The number of hydrogen-bond acceptors (Lipinski definition) is 4. The van der Waals surface area contributed by atoms with Gasteiger partial charge in [0.25, 0.3) is 0 Å². The van der Waals surface area contributed by atoms with Crippen molar-refractivity contribution < 1.29 is 19.2 Å². The molecule has 1 rings (SSSR count). The van der Waals surface area contributed by atoms with E-state index in [2.05, 4.69) is 10.5 Å². The van der Waals surface area contributed by atoms with Gasteiger partial charge in [0.05, 0.1) is 5.69 Å². The van der Waals surface area contributed by atoms with Crippen molar-refractivity contribution in [3.8, 4) is 0 Å². The third-order valence-corrected chi connectivity index (χ3v) is 3.27. The largest absolute Gasteiger partial charge is 0.481 e. The van der Waals surface area contributed by atoms with Crippen molar-refractivity contribution in [3.63, 3.8) is 0 Å². The summed E-state index contributed by atoms with van der Waals surface area (Å²) in [5, 5.41) is 15.3. The molecule has 0 fully saturated rings. The molecule has 0 aromatic carbocycles. The lowest BCUT2D eigenvalue weighted by molar-refractivity contribution is -0.137. The third kappa shape index (κ3) is 4.68. The highest BCUT2D eigenvalue weighted by Crippen LogP contribution is 2.25. The Morgan fingerprint density at radius 1 is 1.35 bits per heavy atom. The van der Waals surface area contributed by atoms with Crippen molar-refractivity contribution in [2.75, 3.05) is 0 Å². The number of amides is 1. The molecule has 0 saturated heterocycles. The molecule has 6 nitrogen and oxygen atoms in total. The van der Waals surface area contributed by atoms with E-state index in [1.54, 1.807) is 6.92 Å². The van der Waals surface area contributed by atoms with Gasteiger partial charge in [-0.3, -0.25) is 9.59 Å². The minimum absolute atomic E-state index is 0.0212. The van der Waals surface area contributed by atoms with Gasteiger partial charge in [0.1, 0.15) is 5.76 Å². The van der Waals surface area contributed by atoms with Crippen LogP contribution in [0.25, 0.3) is 0 Å². The van der Waals surface area contributed by atoms with Gasteiger partial charge in [-0.2, -0.15) is 0 Å². The van der Waals surface area contributed by atoms with Crippen LogP contribution in [0.5, 0.6) is 0 Å². The second-order valence-corrected chi connectivity index (χ2v) is 5.24. The van der Waals surface area contributed by atoms with Crippen LogP contribution in [-0.4, -0.2) is 28.2 Å². The first-order chi connectivity index (χ1) is 9.31. The fourth-order valence-electron chi connectivity index (χ4n) is 2.32. The zero-order chi connectivity index (χ0) is 15.3. The Bertz CT molecular complexity index is 462. The van der Waals surface area contributed by atoms with Gasteiger partial charge in [-0.1, -0.05) is 12.1 Å². The molecule has 1 aromatic heterocycles. The van der Waals surface area contributed by atoms with E-state index < -0.39 is 5.97 Å². The summed E-state index contributed by atoms with van der Waals surface area (Å²) >= 11 is 0. The SMILES string of the molecule is Cc1noc(C)c1C(C)CC(=O)NC(C)CCC(=O)O. The number of rotatable bonds is 7. The topological polar surface area (TPSA) is 92.4 Å². The van der Waals surface area contributed by atoms with Gasteiger partial charge >= 0.3 is 5.97 Å². The summed E-state index contributed by atoms with van der Waals surface area (Å²) < 4.78 is 5.10. The van der Waals surface area contributed by atoms with Crippen LogP contribution in [0.2, 0.25) is 0 Å². The van der Waals surface area contributed by atoms with Crippen LogP contribution >= 0.6 is 0 Å². The van der Waals surface area contributed by atoms with Crippen LogP contribution < -0.4 is 5.32 Å². The lowest BCUT2D eigenvalue weighted by atomic mass is 9.96. The van der Waals surface area contributed by atoms with Gasteiger partial charge in [0.15, 0.2) is 0 Å². The molecular weight excluding hydrogens is 260 g/mol. The first-order valence-electron chi connectivity index (χ1n) is 6.75. The first kappa shape index (κ1) is 16.2. The predicted octanol–water partition coefficient (Wildman–Crippen LogP) is 2.15. The van der Waals surface area contributed by atoms with Gasteiger partial charge in [0, 0.05) is 24.4 Å². The summed E-state index contributed by atoms with van der Waals surface area (Å²) in [4.78, 5) is 22.4. The molecule has 0 spiro atoms. The maximum atomic E-state index is 11.9. The number of hydrogen-bond donors (Lipinski definition) is 2. The minimum Gasteiger partial charge on any atom is -0.481 e. The molecule has 0 aliphatic carbocycles. The quantitative estimate of drug-likeness (QED) is 0.799. The molecule has 0 radical (unpaired) electrons. The first-order valence-corrected chi connectivity index (χ1v) is 6.75. The number of carbonyl (C=O) groups excluding carboxylic acids is 1. The molecule has 0 aliphatic heterocycles. The number of carboxylic acid groups (broad SMARTS) is 1. The summed E-state index contributed by atoms with van der Waals surface area (Å²) in [6.07, 6.45) is 0.821. The van der Waals surface area contributed by atoms with Gasteiger partial charge < -0.3 is 14.9 Å². The number of nitrogens with zero attached hydrogens (tertiary/aromatic N) is 1. The maximum Gasteiger partial charge on any atom is 0.303 e. The van der Waals surface area contributed by atoms with Gasteiger partial charge in [0.2, 0.25) is 5.91 Å². The van der Waals surface area contributed by atoms with Gasteiger partial charge in [-0.25, -0.2) is 0 Å². The molecular formula is C14H22N2O4. The Labute approximate surface area is 118 Å². The molecule has 112 valence electrons. The molecule has 20 heavy (non-hydrogen) atoms. The van der Waals surface area contributed by atoms with E-state index in [9.17, 15) is 9.59 Å². The molecule has 0 bridgehead atoms. The Morgan fingerprint density at radius 3 is 2.50 bits per heavy atom. The van der Waals surface area contributed by atoms with Crippen LogP contribution in [0.3, 0.4) is 0 Å². The smallest absolute Gasteiger partial charge is 0.303 e. The number of aromatic nitrogens is 1. The Morgan fingerprint density at radius 2 is 2.00 bits per heavy atom. The van der Waals surface area contributed by atoms with Crippen molar-refractivity contribution in [1.29, 1.82) is 0 Å². The zero-order valence-corrected chi connectivity index (χ0v) is 12.4. The molecule has 0 aliphatic rings.